The van der Waals surface area contributed by atoms with Crippen molar-refractivity contribution in [2.45, 2.75) is 18.0 Å². The van der Waals surface area contributed by atoms with Crippen molar-refractivity contribution in [3.63, 3.8) is 0 Å². The second-order valence-electron chi connectivity index (χ2n) is 6.80. The molecule has 2 fully saturated rings. The topological polar surface area (TPSA) is 101 Å². The maximum Gasteiger partial charge on any atom is 0.368 e. The van der Waals surface area contributed by atoms with Crippen LogP contribution in [0.1, 0.15) is 18.0 Å². The van der Waals surface area contributed by atoms with E-state index in [1.165, 1.54) is 14.2 Å². The molecule has 1 aromatic rings. The van der Waals surface area contributed by atoms with Crippen LogP contribution in [0.25, 0.3) is 0 Å². The van der Waals surface area contributed by atoms with Crippen molar-refractivity contribution in [2.24, 2.45) is 11.8 Å². The van der Waals surface area contributed by atoms with Crippen LogP contribution in [0.4, 0.5) is 0 Å². The van der Waals surface area contributed by atoms with Crippen LogP contribution in [-0.2, 0) is 19.1 Å². The van der Waals surface area contributed by atoms with Crippen molar-refractivity contribution in [1.29, 1.82) is 0 Å². The van der Waals surface area contributed by atoms with Crippen molar-refractivity contribution in [3.05, 3.63) is 29.8 Å². The summed E-state index contributed by atoms with van der Waals surface area (Å²) in [6.07, 6.45) is 2.37. The number of phenolic OH excluding ortho intramolecular Hbond substituents is 1. The zero-order chi connectivity index (χ0) is 19.1. The largest absolute Gasteiger partial charge is 0.508 e. The Morgan fingerprint density at radius 1 is 1.31 bits per heavy atom. The number of fused-ring (bicyclic) bond motifs is 1. The van der Waals surface area contributed by atoms with Crippen LogP contribution in [0.15, 0.2) is 24.3 Å². The summed E-state index contributed by atoms with van der Waals surface area (Å²) in [5, 5.41) is 11.4. The van der Waals surface area contributed by atoms with E-state index in [9.17, 15) is 19.5 Å². The molecule has 2 aliphatic heterocycles. The predicted octanol–water partition coefficient (Wildman–Crippen LogP) is -0.0938. The van der Waals surface area contributed by atoms with Gasteiger partial charge in [-0.05, 0) is 36.3 Å². The van der Waals surface area contributed by atoms with Gasteiger partial charge in [0.2, 0.25) is 17.4 Å². The molecule has 2 heterocycles. The van der Waals surface area contributed by atoms with Crippen LogP contribution in [0, 0.1) is 11.8 Å². The number of phenols is 1. The summed E-state index contributed by atoms with van der Waals surface area (Å²) in [5.74, 6) is -1.66. The second-order valence-corrected chi connectivity index (χ2v) is 7.78. The fourth-order valence-electron chi connectivity index (χ4n) is 4.26. The normalized spacial score (nSPS) is 30.6. The molecule has 3 rings (SSSR count). The molecule has 0 radical (unpaired) electrons. The van der Waals surface area contributed by atoms with Gasteiger partial charge in [-0.1, -0.05) is 0 Å². The standard InChI is InChI=1S/C18H22N2O5S/c1-20-15(22)12-13(16(20)23)18(8-9-26-3,17(24)25-2)19-14(12)10-4-6-11(21)7-5-10/h4-7,12-14,19,21H,8-9H2,1-3H3/p+1/t12-,13-,14+,18+/m0/s1. The monoisotopic (exact) mass is 379 g/mol. The van der Waals surface area contributed by atoms with E-state index < -0.39 is 23.3 Å². The van der Waals surface area contributed by atoms with Crippen molar-refractivity contribution < 1.29 is 29.5 Å². The molecule has 8 heteroatoms. The van der Waals surface area contributed by atoms with E-state index in [0.29, 0.717) is 12.2 Å². The van der Waals surface area contributed by atoms with Gasteiger partial charge in [0, 0.05) is 19.0 Å². The number of aromatic hydroxyl groups is 1. The molecule has 0 spiro atoms. The number of imide groups is 1. The first-order valence-corrected chi connectivity index (χ1v) is 9.80. The lowest BCUT2D eigenvalue weighted by atomic mass is 9.78. The molecule has 1 aromatic carbocycles. The van der Waals surface area contributed by atoms with E-state index in [1.807, 2.05) is 11.6 Å². The summed E-state index contributed by atoms with van der Waals surface area (Å²) in [4.78, 5) is 39.6. The van der Waals surface area contributed by atoms with Gasteiger partial charge >= 0.3 is 5.97 Å². The zero-order valence-corrected chi connectivity index (χ0v) is 15.8. The average Bonchev–Trinajstić information content (AvgIpc) is 3.10. The Bertz CT molecular complexity index is 738. The Kier molecular flexibility index (Phi) is 4.98. The summed E-state index contributed by atoms with van der Waals surface area (Å²) in [6, 6.07) is 6.16. The Morgan fingerprint density at radius 3 is 2.54 bits per heavy atom. The number of amides is 2. The third kappa shape index (κ3) is 2.68. The minimum Gasteiger partial charge on any atom is -0.508 e. The SMILES string of the molecule is COC(=O)[C@]1(CCSC)[NH2+][C@H](c2ccc(O)cc2)[C@H]2C(=O)N(C)C(=O)[C@H]21. The first kappa shape index (κ1) is 18.7. The minimum atomic E-state index is -1.12. The molecule has 0 aliphatic carbocycles. The number of hydrogen-bond donors (Lipinski definition) is 2. The lowest BCUT2D eigenvalue weighted by molar-refractivity contribution is -0.734. The van der Waals surface area contributed by atoms with Gasteiger partial charge in [-0.2, -0.15) is 11.8 Å². The predicted molar refractivity (Wildman–Crippen MR) is 95.3 cm³/mol. The highest BCUT2D eigenvalue weighted by molar-refractivity contribution is 7.98. The number of hydrogen-bond acceptors (Lipinski definition) is 6. The minimum absolute atomic E-state index is 0.121. The van der Waals surface area contributed by atoms with Gasteiger partial charge in [0.25, 0.3) is 0 Å². The van der Waals surface area contributed by atoms with Crippen LogP contribution in [-0.4, -0.2) is 59.5 Å². The van der Waals surface area contributed by atoms with Crippen LogP contribution in [0.3, 0.4) is 0 Å². The number of rotatable bonds is 5. The van der Waals surface area contributed by atoms with E-state index in [0.717, 1.165) is 10.5 Å². The summed E-state index contributed by atoms with van der Waals surface area (Å²) in [5.41, 5.74) is -0.327. The van der Waals surface area contributed by atoms with Gasteiger partial charge < -0.3 is 15.2 Å². The van der Waals surface area contributed by atoms with Gasteiger partial charge in [0.1, 0.15) is 23.6 Å². The molecule has 4 atom stereocenters. The fraction of sp³-hybridized carbons (Fsp3) is 0.500. The van der Waals surface area contributed by atoms with E-state index >= 15 is 0 Å². The number of carbonyl (C=O) groups excluding carboxylic acids is 3. The first-order chi connectivity index (χ1) is 12.4. The molecular formula is C18H23N2O5S+. The highest BCUT2D eigenvalue weighted by Crippen LogP contribution is 2.45. The number of methoxy groups -OCH3 is 1. The molecular weight excluding hydrogens is 356 g/mol. The molecule has 0 saturated carbocycles. The van der Waals surface area contributed by atoms with Gasteiger partial charge in [0.05, 0.1) is 7.11 Å². The van der Waals surface area contributed by atoms with Crippen molar-refractivity contribution in [2.75, 3.05) is 26.2 Å². The number of quaternary nitrogens is 1. The quantitative estimate of drug-likeness (QED) is 0.548. The van der Waals surface area contributed by atoms with Crippen molar-refractivity contribution in [1.82, 2.24) is 4.90 Å². The number of carbonyl (C=O) groups is 3. The van der Waals surface area contributed by atoms with Gasteiger partial charge in [-0.25, -0.2) is 4.79 Å². The number of nitrogens with zero attached hydrogens (tertiary/aromatic N) is 1. The number of thioether (sulfide) groups is 1. The maximum atomic E-state index is 12.9. The Morgan fingerprint density at radius 2 is 1.96 bits per heavy atom. The molecule has 2 amide bonds. The van der Waals surface area contributed by atoms with Crippen LogP contribution in [0.2, 0.25) is 0 Å². The van der Waals surface area contributed by atoms with Crippen LogP contribution >= 0.6 is 11.8 Å². The Hall–Kier alpha value is -2.06. The lowest BCUT2D eigenvalue weighted by Crippen LogP contribution is -2.98. The fourth-order valence-corrected chi connectivity index (χ4v) is 4.81. The second kappa shape index (κ2) is 6.92. The molecule has 3 N–H and O–H groups in total. The molecule has 26 heavy (non-hydrogen) atoms. The van der Waals surface area contributed by atoms with Crippen LogP contribution < -0.4 is 5.32 Å². The summed E-state index contributed by atoms with van der Waals surface area (Å²) in [7, 11) is 2.78. The number of esters is 1. The highest BCUT2D eigenvalue weighted by atomic mass is 32.2. The Balaban J connectivity index is 2.11. The van der Waals surface area contributed by atoms with Crippen molar-refractivity contribution >= 4 is 29.5 Å². The molecule has 0 unspecified atom stereocenters. The molecule has 0 bridgehead atoms. The van der Waals surface area contributed by atoms with E-state index in [2.05, 4.69) is 0 Å². The Labute approximate surface area is 156 Å². The molecule has 7 nitrogen and oxygen atoms in total. The molecule has 140 valence electrons. The van der Waals surface area contributed by atoms with Crippen molar-refractivity contribution in [3.8, 4) is 5.75 Å². The number of nitrogens with two attached hydrogens (primary N) is 1. The molecule has 0 aromatic heterocycles. The molecule has 2 aliphatic rings. The number of benzene rings is 1. The van der Waals surface area contributed by atoms with E-state index in [4.69, 9.17) is 4.74 Å². The summed E-state index contributed by atoms with van der Waals surface area (Å²) in [6.45, 7) is 0. The number of likely N-dealkylation sites (tertiary alicyclic amines) is 1. The molecule has 2 saturated heterocycles. The van der Waals surface area contributed by atoms with E-state index in [-0.39, 0.29) is 23.6 Å². The van der Waals surface area contributed by atoms with Gasteiger partial charge in [0.15, 0.2) is 0 Å². The first-order valence-electron chi connectivity index (χ1n) is 8.41. The third-order valence-electron chi connectivity index (χ3n) is 5.55. The average molecular weight is 379 g/mol. The zero-order valence-electron chi connectivity index (χ0n) is 15.0. The third-order valence-corrected chi connectivity index (χ3v) is 6.17. The van der Waals surface area contributed by atoms with Crippen LogP contribution in [0.5, 0.6) is 5.75 Å². The number of ether oxygens (including phenoxy) is 1. The lowest BCUT2D eigenvalue weighted by Gasteiger charge is -2.28. The maximum absolute atomic E-state index is 12.9. The van der Waals surface area contributed by atoms with Gasteiger partial charge in [-0.15, -0.1) is 0 Å². The smallest absolute Gasteiger partial charge is 0.368 e. The highest BCUT2D eigenvalue weighted by Gasteiger charge is 2.71. The summed E-state index contributed by atoms with van der Waals surface area (Å²) < 4.78 is 5.06. The summed E-state index contributed by atoms with van der Waals surface area (Å²) >= 11 is 1.58. The van der Waals surface area contributed by atoms with E-state index in [1.54, 1.807) is 36.0 Å². The van der Waals surface area contributed by atoms with Gasteiger partial charge in [-0.3, -0.25) is 14.5 Å².